The number of aldehydes is 1. The number of carbonyl (C=O) groups excluding carboxylic acids is 1. The SMILES string of the molecule is O=CC=CC1CC=CC1. The van der Waals surface area contributed by atoms with Gasteiger partial charge in [0, 0.05) is 0 Å². The van der Waals surface area contributed by atoms with Crippen LogP contribution in [-0.2, 0) is 4.79 Å². The van der Waals surface area contributed by atoms with Crippen molar-refractivity contribution in [3.63, 3.8) is 0 Å². The van der Waals surface area contributed by atoms with E-state index >= 15 is 0 Å². The zero-order chi connectivity index (χ0) is 6.53. The lowest BCUT2D eigenvalue weighted by Gasteiger charge is -1.96. The van der Waals surface area contributed by atoms with Crippen LogP contribution in [0.3, 0.4) is 0 Å². The predicted octanol–water partition coefficient (Wildman–Crippen LogP) is 1.71. The molecule has 48 valence electrons. The molecule has 1 heteroatoms. The lowest BCUT2D eigenvalue weighted by atomic mass is 10.1. The van der Waals surface area contributed by atoms with Crippen LogP contribution in [0.1, 0.15) is 12.8 Å². The molecule has 0 amide bonds. The Hall–Kier alpha value is -0.850. The fraction of sp³-hybridized carbons (Fsp3) is 0.375. The molecule has 1 aliphatic rings. The number of hydrogen-bond acceptors (Lipinski definition) is 1. The average Bonchev–Trinajstić information content (AvgIpc) is 2.34. The summed E-state index contributed by atoms with van der Waals surface area (Å²) in [5, 5.41) is 0. The molecule has 0 radical (unpaired) electrons. The molecule has 0 atom stereocenters. The lowest BCUT2D eigenvalue weighted by Crippen LogP contribution is -1.85. The van der Waals surface area contributed by atoms with Gasteiger partial charge in [-0.25, -0.2) is 0 Å². The predicted molar refractivity (Wildman–Crippen MR) is 37.1 cm³/mol. The zero-order valence-corrected chi connectivity index (χ0v) is 5.29. The summed E-state index contributed by atoms with van der Waals surface area (Å²) < 4.78 is 0. The minimum Gasteiger partial charge on any atom is -0.299 e. The summed E-state index contributed by atoms with van der Waals surface area (Å²) in [4.78, 5) is 9.85. The van der Waals surface area contributed by atoms with Crippen LogP contribution in [0.2, 0.25) is 0 Å². The zero-order valence-electron chi connectivity index (χ0n) is 5.29. The average molecular weight is 122 g/mol. The van der Waals surface area contributed by atoms with Crippen LogP contribution >= 0.6 is 0 Å². The molecule has 1 aliphatic carbocycles. The third-order valence-corrected chi connectivity index (χ3v) is 1.51. The van der Waals surface area contributed by atoms with E-state index < -0.39 is 0 Å². The van der Waals surface area contributed by atoms with Crippen molar-refractivity contribution in [1.29, 1.82) is 0 Å². The summed E-state index contributed by atoms with van der Waals surface area (Å²) in [6.45, 7) is 0. The monoisotopic (exact) mass is 122 g/mol. The van der Waals surface area contributed by atoms with Gasteiger partial charge in [-0.2, -0.15) is 0 Å². The van der Waals surface area contributed by atoms with Gasteiger partial charge in [0.05, 0.1) is 0 Å². The molecule has 0 saturated carbocycles. The highest BCUT2D eigenvalue weighted by Gasteiger charge is 2.03. The molecule has 0 aromatic carbocycles. The van der Waals surface area contributed by atoms with Crippen molar-refractivity contribution in [3.05, 3.63) is 24.3 Å². The van der Waals surface area contributed by atoms with E-state index in [1.807, 2.05) is 6.08 Å². The van der Waals surface area contributed by atoms with Crippen molar-refractivity contribution < 1.29 is 4.79 Å². The van der Waals surface area contributed by atoms with Gasteiger partial charge in [0.15, 0.2) is 0 Å². The second-order valence-corrected chi connectivity index (χ2v) is 2.22. The van der Waals surface area contributed by atoms with Crippen LogP contribution < -0.4 is 0 Å². The molecular formula is C8H10O. The number of carbonyl (C=O) groups is 1. The minimum atomic E-state index is 0.593. The Morgan fingerprint density at radius 3 is 2.56 bits per heavy atom. The number of allylic oxidation sites excluding steroid dienone is 4. The van der Waals surface area contributed by atoms with Crippen LogP contribution in [0.5, 0.6) is 0 Å². The molecule has 1 nitrogen and oxygen atoms in total. The molecular weight excluding hydrogens is 112 g/mol. The summed E-state index contributed by atoms with van der Waals surface area (Å²) in [5.74, 6) is 0.593. The van der Waals surface area contributed by atoms with Crippen molar-refractivity contribution in [2.75, 3.05) is 0 Å². The van der Waals surface area contributed by atoms with Gasteiger partial charge in [0.25, 0.3) is 0 Å². The van der Waals surface area contributed by atoms with Crippen LogP contribution in [0, 0.1) is 5.92 Å². The van der Waals surface area contributed by atoms with E-state index in [4.69, 9.17) is 0 Å². The maximum absolute atomic E-state index is 9.85. The van der Waals surface area contributed by atoms with E-state index in [-0.39, 0.29) is 0 Å². The summed E-state index contributed by atoms with van der Waals surface area (Å²) in [7, 11) is 0. The first-order chi connectivity index (χ1) is 4.43. The van der Waals surface area contributed by atoms with Gasteiger partial charge in [-0.1, -0.05) is 18.2 Å². The molecule has 0 heterocycles. The van der Waals surface area contributed by atoms with Crippen molar-refractivity contribution in [2.45, 2.75) is 12.8 Å². The third-order valence-electron chi connectivity index (χ3n) is 1.51. The highest BCUT2D eigenvalue weighted by Crippen LogP contribution is 2.18. The quantitative estimate of drug-likeness (QED) is 0.309. The van der Waals surface area contributed by atoms with Gasteiger partial charge >= 0.3 is 0 Å². The first kappa shape index (κ1) is 6.27. The maximum atomic E-state index is 9.85. The molecule has 0 unspecified atom stereocenters. The molecule has 0 fully saturated rings. The van der Waals surface area contributed by atoms with Crippen LogP contribution in [-0.4, -0.2) is 6.29 Å². The topological polar surface area (TPSA) is 17.1 Å². The molecule has 0 aliphatic heterocycles. The van der Waals surface area contributed by atoms with Gasteiger partial charge in [0.1, 0.15) is 6.29 Å². The van der Waals surface area contributed by atoms with Gasteiger partial charge in [-0.15, -0.1) is 0 Å². The summed E-state index contributed by atoms with van der Waals surface area (Å²) in [6, 6.07) is 0. The molecule has 0 N–H and O–H groups in total. The molecule has 0 aromatic rings. The molecule has 0 aromatic heterocycles. The Bertz CT molecular complexity index is 137. The first-order valence-electron chi connectivity index (χ1n) is 3.20. The summed E-state index contributed by atoms with van der Waals surface area (Å²) >= 11 is 0. The number of hydrogen-bond donors (Lipinski definition) is 0. The smallest absolute Gasteiger partial charge is 0.142 e. The Kier molecular flexibility index (Phi) is 2.25. The number of rotatable bonds is 2. The van der Waals surface area contributed by atoms with E-state index in [9.17, 15) is 4.79 Å². The normalized spacial score (nSPS) is 19.6. The first-order valence-corrected chi connectivity index (χ1v) is 3.20. The Labute approximate surface area is 55.1 Å². The van der Waals surface area contributed by atoms with E-state index in [1.54, 1.807) is 6.08 Å². The van der Waals surface area contributed by atoms with Crippen molar-refractivity contribution in [1.82, 2.24) is 0 Å². The van der Waals surface area contributed by atoms with Crippen molar-refractivity contribution >= 4 is 6.29 Å². The maximum Gasteiger partial charge on any atom is 0.142 e. The molecule has 9 heavy (non-hydrogen) atoms. The second-order valence-electron chi connectivity index (χ2n) is 2.22. The van der Waals surface area contributed by atoms with Gasteiger partial charge in [0.2, 0.25) is 0 Å². The van der Waals surface area contributed by atoms with E-state index in [1.165, 1.54) is 0 Å². The Morgan fingerprint density at radius 2 is 2.00 bits per heavy atom. The van der Waals surface area contributed by atoms with Gasteiger partial charge < -0.3 is 0 Å². The van der Waals surface area contributed by atoms with Crippen molar-refractivity contribution in [3.8, 4) is 0 Å². The molecule has 0 bridgehead atoms. The third kappa shape index (κ3) is 1.84. The van der Waals surface area contributed by atoms with E-state index in [0.29, 0.717) is 5.92 Å². The lowest BCUT2D eigenvalue weighted by molar-refractivity contribution is -0.104. The van der Waals surface area contributed by atoms with Gasteiger partial charge in [-0.3, -0.25) is 4.79 Å². The van der Waals surface area contributed by atoms with Gasteiger partial charge in [-0.05, 0) is 24.8 Å². The summed E-state index contributed by atoms with van der Waals surface area (Å²) in [5.41, 5.74) is 0. The second kappa shape index (κ2) is 3.23. The minimum absolute atomic E-state index is 0.593. The fourth-order valence-electron chi connectivity index (χ4n) is 0.998. The van der Waals surface area contributed by atoms with Crippen molar-refractivity contribution in [2.24, 2.45) is 5.92 Å². The molecule has 1 rings (SSSR count). The standard InChI is InChI=1S/C8H10O/c9-7-3-6-8-4-1-2-5-8/h1-3,6-8H,4-5H2. The van der Waals surface area contributed by atoms with Crippen LogP contribution in [0.25, 0.3) is 0 Å². The largest absolute Gasteiger partial charge is 0.299 e. The van der Waals surface area contributed by atoms with Crippen LogP contribution in [0.4, 0.5) is 0 Å². The fourth-order valence-corrected chi connectivity index (χ4v) is 0.998. The Balaban J connectivity index is 2.29. The summed E-state index contributed by atoms with van der Waals surface area (Å²) in [6.07, 6.45) is 10.9. The molecule has 0 spiro atoms. The highest BCUT2D eigenvalue weighted by molar-refractivity contribution is 5.64. The van der Waals surface area contributed by atoms with E-state index in [2.05, 4.69) is 12.2 Å². The molecule has 0 saturated heterocycles. The highest BCUT2D eigenvalue weighted by atomic mass is 16.1. The van der Waals surface area contributed by atoms with E-state index in [0.717, 1.165) is 19.1 Å². The Morgan fingerprint density at radius 1 is 1.33 bits per heavy atom. The van der Waals surface area contributed by atoms with Crippen LogP contribution in [0.15, 0.2) is 24.3 Å².